The molecule has 0 saturated heterocycles. The highest BCUT2D eigenvalue weighted by Crippen LogP contribution is 2.60. The molecule has 0 aliphatic heterocycles. The van der Waals surface area contributed by atoms with E-state index in [1.54, 1.807) is 16.7 Å². The van der Waals surface area contributed by atoms with E-state index in [2.05, 4.69) is 103 Å². The zero-order valence-electron chi connectivity index (χ0n) is 16.8. The van der Waals surface area contributed by atoms with Crippen molar-refractivity contribution in [2.24, 2.45) is 0 Å². The Bertz CT molecular complexity index is 1340. The fourth-order valence-corrected chi connectivity index (χ4v) is 6.37. The van der Waals surface area contributed by atoms with Crippen LogP contribution in [0.1, 0.15) is 52.0 Å². The van der Waals surface area contributed by atoms with Crippen LogP contribution >= 0.6 is 0 Å². The van der Waals surface area contributed by atoms with Gasteiger partial charge < -0.3 is 0 Å². The smallest absolute Gasteiger partial charge is 0.0165 e. The molecule has 0 radical (unpaired) electrons. The summed E-state index contributed by atoms with van der Waals surface area (Å²) in [6, 6.07) is 38.6. The summed E-state index contributed by atoms with van der Waals surface area (Å²) < 4.78 is 0. The molecule has 1 atom stereocenters. The lowest BCUT2D eigenvalue weighted by atomic mass is 9.57. The van der Waals surface area contributed by atoms with Crippen molar-refractivity contribution in [2.45, 2.75) is 24.2 Å². The van der Waals surface area contributed by atoms with Gasteiger partial charge >= 0.3 is 0 Å². The maximum absolute atomic E-state index is 2.38. The summed E-state index contributed by atoms with van der Waals surface area (Å²) in [4.78, 5) is 0. The third kappa shape index (κ3) is 2.11. The molecule has 0 nitrogen and oxygen atoms in total. The fraction of sp³-hybridized carbons (Fsp3) is 0.133. The van der Waals surface area contributed by atoms with Gasteiger partial charge in [-0.05, 0) is 67.8 Å². The number of hydrogen-bond donors (Lipinski definition) is 0. The van der Waals surface area contributed by atoms with Crippen molar-refractivity contribution in [2.75, 3.05) is 0 Å². The Morgan fingerprint density at radius 1 is 0.500 bits per heavy atom. The molecule has 0 heteroatoms. The maximum Gasteiger partial charge on any atom is 0.0165 e. The summed E-state index contributed by atoms with van der Waals surface area (Å²) in [5.74, 6) is 1.41. The third-order valence-corrected chi connectivity index (χ3v) is 7.49. The minimum atomic E-state index is 0.427. The van der Waals surface area contributed by atoms with Gasteiger partial charge in [-0.3, -0.25) is 0 Å². The van der Waals surface area contributed by atoms with Crippen LogP contribution in [0.4, 0.5) is 0 Å². The molecular formula is C30H22. The van der Waals surface area contributed by atoms with Gasteiger partial charge in [0.15, 0.2) is 0 Å². The Morgan fingerprint density at radius 2 is 0.967 bits per heavy atom. The van der Waals surface area contributed by atoms with E-state index in [-0.39, 0.29) is 0 Å². The Hall–Kier alpha value is -3.38. The molecule has 30 heavy (non-hydrogen) atoms. The molecule has 0 heterocycles. The number of benzene rings is 5. The number of rotatable bonds is 1. The first kappa shape index (κ1) is 16.4. The van der Waals surface area contributed by atoms with Crippen molar-refractivity contribution in [3.05, 3.63) is 131 Å². The van der Waals surface area contributed by atoms with Gasteiger partial charge in [-0.25, -0.2) is 0 Å². The molecule has 3 aliphatic carbocycles. The number of hydrogen-bond acceptors (Lipinski definition) is 0. The molecule has 5 aromatic rings. The lowest BCUT2D eigenvalue weighted by molar-refractivity contribution is 0.454. The van der Waals surface area contributed by atoms with Crippen molar-refractivity contribution >= 4 is 21.5 Å². The van der Waals surface area contributed by atoms with Crippen LogP contribution in [0.3, 0.4) is 0 Å². The van der Waals surface area contributed by atoms with Gasteiger partial charge in [0.1, 0.15) is 0 Å². The van der Waals surface area contributed by atoms with E-state index in [0.29, 0.717) is 17.8 Å². The Balaban J connectivity index is 1.58. The van der Waals surface area contributed by atoms with Gasteiger partial charge in [0.25, 0.3) is 0 Å². The van der Waals surface area contributed by atoms with Crippen molar-refractivity contribution < 1.29 is 0 Å². The first-order valence-corrected chi connectivity index (χ1v) is 11.0. The molecule has 0 N–H and O–H groups in total. The van der Waals surface area contributed by atoms with Crippen LogP contribution in [0, 0.1) is 0 Å². The molecule has 0 amide bonds. The van der Waals surface area contributed by atoms with Gasteiger partial charge in [-0.15, -0.1) is 0 Å². The van der Waals surface area contributed by atoms with Gasteiger partial charge in [-0.1, -0.05) is 97.1 Å². The average molecular weight is 383 g/mol. The fourth-order valence-electron chi connectivity index (χ4n) is 6.37. The minimum Gasteiger partial charge on any atom is -0.0620 e. The second-order valence-electron chi connectivity index (χ2n) is 8.86. The molecule has 1 unspecified atom stereocenters. The molecule has 2 bridgehead atoms. The molecule has 0 fully saturated rings. The molecular weight excluding hydrogens is 360 g/mol. The third-order valence-electron chi connectivity index (χ3n) is 7.49. The summed E-state index contributed by atoms with van der Waals surface area (Å²) in [5, 5.41) is 5.55. The zero-order valence-corrected chi connectivity index (χ0v) is 16.8. The van der Waals surface area contributed by atoms with Gasteiger partial charge in [-0.2, -0.15) is 0 Å². The predicted octanol–water partition coefficient (Wildman–Crippen LogP) is 7.76. The second kappa shape index (κ2) is 6.06. The standard InChI is InChI=1S/C30H22/c1-3-11-21-19(9-1)17-20-10-2-4-12-22(20)29(21)28-18-27-23-13-5-7-15-25(23)30(28)26-16-8-6-14-24(26)27/h1-17,27-28,30H,18H2. The van der Waals surface area contributed by atoms with Crippen molar-refractivity contribution in [3.63, 3.8) is 0 Å². The van der Waals surface area contributed by atoms with E-state index in [0.717, 1.165) is 0 Å². The van der Waals surface area contributed by atoms with Crippen LogP contribution in [0.15, 0.2) is 103 Å². The normalized spacial score (nSPS) is 21.5. The number of fused-ring (bicyclic) bond motifs is 3. The SMILES string of the molecule is c1ccc2c(c1)C1CC(c3c4ccccc4cc4ccccc34)C2c2ccccc21. The molecule has 3 aliphatic rings. The Kier molecular flexibility index (Phi) is 3.32. The predicted molar refractivity (Wildman–Crippen MR) is 125 cm³/mol. The summed E-state index contributed by atoms with van der Waals surface area (Å²) >= 11 is 0. The lowest BCUT2D eigenvalue weighted by Gasteiger charge is -2.46. The molecule has 0 saturated carbocycles. The molecule has 5 aromatic carbocycles. The van der Waals surface area contributed by atoms with E-state index in [4.69, 9.17) is 0 Å². The van der Waals surface area contributed by atoms with Crippen LogP contribution in [-0.2, 0) is 0 Å². The lowest BCUT2D eigenvalue weighted by Crippen LogP contribution is -2.31. The summed E-state index contributed by atoms with van der Waals surface area (Å²) in [7, 11) is 0. The highest BCUT2D eigenvalue weighted by Gasteiger charge is 2.44. The monoisotopic (exact) mass is 382 g/mol. The van der Waals surface area contributed by atoms with E-state index < -0.39 is 0 Å². The largest absolute Gasteiger partial charge is 0.0620 e. The first-order valence-electron chi connectivity index (χ1n) is 11.0. The maximum atomic E-state index is 2.38. The van der Waals surface area contributed by atoms with Crippen molar-refractivity contribution in [1.82, 2.24) is 0 Å². The van der Waals surface area contributed by atoms with Gasteiger partial charge in [0.05, 0.1) is 0 Å². The van der Waals surface area contributed by atoms with E-state index >= 15 is 0 Å². The van der Waals surface area contributed by atoms with E-state index in [9.17, 15) is 0 Å². The highest BCUT2D eigenvalue weighted by atomic mass is 14.5. The topological polar surface area (TPSA) is 0 Å². The Morgan fingerprint density at radius 3 is 1.53 bits per heavy atom. The van der Waals surface area contributed by atoms with Gasteiger partial charge in [0, 0.05) is 11.8 Å². The minimum absolute atomic E-state index is 0.427. The summed E-state index contributed by atoms with van der Waals surface area (Å²) in [6.45, 7) is 0. The Labute approximate surface area is 176 Å². The summed E-state index contributed by atoms with van der Waals surface area (Å²) in [5.41, 5.74) is 7.70. The first-order chi connectivity index (χ1) is 14.9. The molecule has 8 rings (SSSR count). The van der Waals surface area contributed by atoms with Crippen LogP contribution < -0.4 is 0 Å². The molecule has 0 aromatic heterocycles. The summed E-state index contributed by atoms with van der Waals surface area (Å²) in [6.07, 6.45) is 1.19. The van der Waals surface area contributed by atoms with Gasteiger partial charge in [0.2, 0.25) is 0 Å². The van der Waals surface area contributed by atoms with Crippen LogP contribution in [0.2, 0.25) is 0 Å². The molecule has 142 valence electrons. The van der Waals surface area contributed by atoms with Crippen LogP contribution in [-0.4, -0.2) is 0 Å². The highest BCUT2D eigenvalue weighted by molar-refractivity contribution is 6.03. The van der Waals surface area contributed by atoms with Crippen LogP contribution in [0.5, 0.6) is 0 Å². The van der Waals surface area contributed by atoms with E-state index in [1.807, 2.05) is 0 Å². The van der Waals surface area contributed by atoms with Crippen molar-refractivity contribution in [3.8, 4) is 0 Å². The molecule has 0 spiro atoms. The zero-order chi connectivity index (χ0) is 19.7. The second-order valence-corrected chi connectivity index (χ2v) is 8.86. The van der Waals surface area contributed by atoms with Crippen LogP contribution in [0.25, 0.3) is 21.5 Å². The van der Waals surface area contributed by atoms with E-state index in [1.165, 1.54) is 39.1 Å². The quantitative estimate of drug-likeness (QED) is 0.260. The average Bonchev–Trinajstić information content (AvgIpc) is 2.82. The van der Waals surface area contributed by atoms with Crippen molar-refractivity contribution in [1.29, 1.82) is 0 Å².